The van der Waals surface area contributed by atoms with Crippen molar-refractivity contribution in [3.63, 3.8) is 0 Å². The predicted molar refractivity (Wildman–Crippen MR) is 138 cm³/mol. The molecule has 0 radical (unpaired) electrons. The maximum Gasteiger partial charge on any atom is 0.299 e. The number of rotatable bonds is 8. The number of carbonyl (C=O) groups is 1. The summed E-state index contributed by atoms with van der Waals surface area (Å²) in [6, 6.07) is 22.9. The second-order valence-corrected chi connectivity index (χ2v) is 8.42. The fourth-order valence-corrected chi connectivity index (χ4v) is 3.43. The minimum absolute atomic E-state index is 0.0526. The molecule has 4 rings (SSSR count). The number of para-hydroxylation sites is 1. The molecule has 35 heavy (non-hydrogen) atoms. The molecule has 1 amide bonds. The van der Waals surface area contributed by atoms with Crippen LogP contribution in [0.1, 0.15) is 30.6 Å². The summed E-state index contributed by atoms with van der Waals surface area (Å²) in [5.74, 6) is 0.626. The first kappa shape index (κ1) is 24.0. The van der Waals surface area contributed by atoms with E-state index >= 15 is 0 Å². The van der Waals surface area contributed by atoms with Crippen molar-refractivity contribution < 1.29 is 9.53 Å². The smallest absolute Gasteiger partial charge is 0.299 e. The summed E-state index contributed by atoms with van der Waals surface area (Å²) >= 11 is 6.00. The quantitative estimate of drug-likeness (QED) is 0.320. The van der Waals surface area contributed by atoms with Crippen LogP contribution in [0.5, 0.6) is 11.5 Å². The largest absolute Gasteiger partial charge is 0.453 e. The summed E-state index contributed by atoms with van der Waals surface area (Å²) in [6.07, 6.45) is 2.30. The maximum absolute atomic E-state index is 13.5. The molecule has 7 nitrogen and oxygen atoms in total. The monoisotopic (exact) mass is 488 g/mol. The molecular formula is C27H25ClN4O3. The lowest BCUT2D eigenvalue weighted by Gasteiger charge is -2.15. The third-order valence-electron chi connectivity index (χ3n) is 5.37. The average molecular weight is 489 g/mol. The Labute approximate surface area is 208 Å². The van der Waals surface area contributed by atoms with Gasteiger partial charge in [-0.25, -0.2) is 0 Å². The Hall–Kier alpha value is -4.10. The van der Waals surface area contributed by atoms with Crippen molar-refractivity contribution in [3.05, 3.63) is 106 Å². The molecule has 1 atom stereocenters. The Balaban J connectivity index is 1.73. The molecule has 1 heterocycles. The molecule has 0 aliphatic rings. The van der Waals surface area contributed by atoms with Gasteiger partial charge in [0.1, 0.15) is 5.75 Å². The van der Waals surface area contributed by atoms with Crippen LogP contribution in [0.2, 0.25) is 5.02 Å². The van der Waals surface area contributed by atoms with Gasteiger partial charge < -0.3 is 15.4 Å². The first-order chi connectivity index (χ1) is 16.9. The zero-order valence-electron chi connectivity index (χ0n) is 19.4. The van der Waals surface area contributed by atoms with Gasteiger partial charge in [-0.3, -0.25) is 9.59 Å². The topological polar surface area (TPSA) is 85.2 Å². The Bertz CT molecular complexity index is 1370. The summed E-state index contributed by atoms with van der Waals surface area (Å²) in [5, 5.41) is 10.9. The standard InChI is InChI=1S/C27H25ClN4O3/c1-3-18(2)30-26(33)19-8-7-9-21(16-19)31-25-24(35-23-10-5-4-6-11-23)17-29-32(27(25)34)22-14-12-20(28)13-15-22/h4-18,31H,3H2,1-2H3,(H,30,33). The molecule has 0 saturated heterocycles. The number of hydrogen-bond donors (Lipinski definition) is 2. The lowest BCUT2D eigenvalue weighted by atomic mass is 10.1. The first-order valence-electron chi connectivity index (χ1n) is 11.2. The number of nitrogens with zero attached hydrogens (tertiary/aromatic N) is 2. The van der Waals surface area contributed by atoms with Gasteiger partial charge in [-0.2, -0.15) is 9.78 Å². The normalized spacial score (nSPS) is 11.5. The molecule has 0 aliphatic heterocycles. The van der Waals surface area contributed by atoms with Crippen molar-refractivity contribution in [2.75, 3.05) is 5.32 Å². The van der Waals surface area contributed by atoms with E-state index in [2.05, 4.69) is 15.7 Å². The highest BCUT2D eigenvalue weighted by Crippen LogP contribution is 2.29. The van der Waals surface area contributed by atoms with Gasteiger partial charge in [-0.05, 0) is 67.9 Å². The van der Waals surface area contributed by atoms with Crippen molar-refractivity contribution in [1.82, 2.24) is 15.1 Å². The van der Waals surface area contributed by atoms with Gasteiger partial charge in [0.25, 0.3) is 11.5 Å². The fraction of sp³-hybridized carbons (Fsp3) is 0.148. The van der Waals surface area contributed by atoms with E-state index < -0.39 is 5.56 Å². The van der Waals surface area contributed by atoms with Crippen molar-refractivity contribution in [2.24, 2.45) is 0 Å². The van der Waals surface area contributed by atoms with E-state index in [0.717, 1.165) is 6.42 Å². The Morgan fingerprint density at radius 3 is 2.51 bits per heavy atom. The lowest BCUT2D eigenvalue weighted by Crippen LogP contribution is -2.31. The SMILES string of the molecule is CCC(C)NC(=O)c1cccc(Nc2c(Oc3ccccc3)cnn(-c3ccc(Cl)cc3)c2=O)c1. The summed E-state index contributed by atoms with van der Waals surface area (Å²) < 4.78 is 7.24. The molecule has 4 aromatic rings. The molecule has 2 N–H and O–H groups in total. The second kappa shape index (κ2) is 10.9. The van der Waals surface area contributed by atoms with Crippen LogP contribution < -0.4 is 20.9 Å². The summed E-state index contributed by atoms with van der Waals surface area (Å²) in [7, 11) is 0. The van der Waals surface area contributed by atoms with E-state index in [1.165, 1.54) is 10.9 Å². The molecule has 0 bridgehead atoms. The van der Waals surface area contributed by atoms with Crippen LogP contribution in [0.3, 0.4) is 0 Å². The van der Waals surface area contributed by atoms with Gasteiger partial charge in [0.15, 0.2) is 11.4 Å². The molecule has 0 aliphatic carbocycles. The van der Waals surface area contributed by atoms with Crippen LogP contribution in [-0.2, 0) is 0 Å². The molecular weight excluding hydrogens is 464 g/mol. The maximum atomic E-state index is 13.5. The van der Waals surface area contributed by atoms with Crippen molar-refractivity contribution in [1.29, 1.82) is 0 Å². The summed E-state index contributed by atoms with van der Waals surface area (Å²) in [6.45, 7) is 3.95. The van der Waals surface area contributed by atoms with E-state index in [4.69, 9.17) is 16.3 Å². The highest BCUT2D eigenvalue weighted by Gasteiger charge is 2.16. The van der Waals surface area contributed by atoms with E-state index in [9.17, 15) is 9.59 Å². The number of ether oxygens (including phenoxy) is 1. The number of amides is 1. The molecule has 1 unspecified atom stereocenters. The number of carbonyl (C=O) groups excluding carboxylic acids is 1. The zero-order chi connectivity index (χ0) is 24.8. The summed E-state index contributed by atoms with van der Waals surface area (Å²) in [4.78, 5) is 26.1. The van der Waals surface area contributed by atoms with E-state index in [-0.39, 0.29) is 23.4 Å². The summed E-state index contributed by atoms with van der Waals surface area (Å²) in [5.41, 5.74) is 1.35. The van der Waals surface area contributed by atoms with Gasteiger partial charge >= 0.3 is 0 Å². The highest BCUT2D eigenvalue weighted by molar-refractivity contribution is 6.30. The molecule has 0 fully saturated rings. The zero-order valence-corrected chi connectivity index (χ0v) is 20.1. The van der Waals surface area contributed by atoms with Gasteiger partial charge in [-0.1, -0.05) is 42.8 Å². The van der Waals surface area contributed by atoms with E-state index in [0.29, 0.717) is 27.7 Å². The third kappa shape index (κ3) is 5.88. The number of hydrogen-bond acceptors (Lipinski definition) is 5. The van der Waals surface area contributed by atoms with E-state index in [1.54, 1.807) is 60.7 Å². The molecule has 178 valence electrons. The number of aromatic nitrogens is 2. The van der Waals surface area contributed by atoms with Gasteiger partial charge in [0.2, 0.25) is 0 Å². The minimum Gasteiger partial charge on any atom is -0.453 e. The van der Waals surface area contributed by atoms with Crippen LogP contribution >= 0.6 is 11.6 Å². The number of anilines is 2. The number of halogens is 1. The first-order valence-corrected chi connectivity index (χ1v) is 11.6. The third-order valence-corrected chi connectivity index (χ3v) is 5.62. The van der Waals surface area contributed by atoms with Crippen molar-refractivity contribution >= 4 is 28.9 Å². The van der Waals surface area contributed by atoms with Crippen LogP contribution in [-0.4, -0.2) is 21.7 Å². The highest BCUT2D eigenvalue weighted by atomic mass is 35.5. The van der Waals surface area contributed by atoms with Gasteiger partial charge in [0, 0.05) is 22.3 Å². The van der Waals surface area contributed by atoms with Gasteiger partial charge in [0.05, 0.1) is 11.9 Å². The second-order valence-electron chi connectivity index (χ2n) is 7.98. The van der Waals surface area contributed by atoms with Crippen LogP contribution in [0.25, 0.3) is 5.69 Å². The Morgan fingerprint density at radius 1 is 1.06 bits per heavy atom. The predicted octanol–water partition coefficient (Wildman–Crippen LogP) is 5.95. The van der Waals surface area contributed by atoms with Crippen LogP contribution in [0.15, 0.2) is 89.9 Å². The Kier molecular flexibility index (Phi) is 7.48. The molecule has 8 heteroatoms. The molecule has 0 saturated carbocycles. The fourth-order valence-electron chi connectivity index (χ4n) is 3.30. The molecule has 1 aromatic heterocycles. The van der Waals surface area contributed by atoms with Crippen LogP contribution in [0.4, 0.5) is 11.4 Å². The van der Waals surface area contributed by atoms with E-state index in [1.807, 2.05) is 32.0 Å². The molecule has 0 spiro atoms. The van der Waals surface area contributed by atoms with Crippen LogP contribution in [0, 0.1) is 0 Å². The lowest BCUT2D eigenvalue weighted by molar-refractivity contribution is 0.0939. The average Bonchev–Trinajstić information content (AvgIpc) is 2.87. The van der Waals surface area contributed by atoms with Gasteiger partial charge in [-0.15, -0.1) is 0 Å². The van der Waals surface area contributed by atoms with Crippen molar-refractivity contribution in [3.8, 4) is 17.2 Å². The number of benzene rings is 3. The minimum atomic E-state index is -0.421. The number of nitrogens with one attached hydrogen (secondary N) is 2. The molecule has 3 aromatic carbocycles. The van der Waals surface area contributed by atoms with Crippen molar-refractivity contribution in [2.45, 2.75) is 26.3 Å². The Morgan fingerprint density at radius 2 is 1.80 bits per heavy atom.